The van der Waals surface area contributed by atoms with Crippen molar-refractivity contribution in [1.82, 2.24) is 25.0 Å². The van der Waals surface area contributed by atoms with E-state index in [2.05, 4.69) is 37.2 Å². The molecule has 1 unspecified atom stereocenters. The van der Waals surface area contributed by atoms with Crippen LogP contribution in [0.4, 0.5) is 15.2 Å². The maximum absolute atomic E-state index is 13.4. The molecule has 4 heterocycles. The van der Waals surface area contributed by atoms with Crippen molar-refractivity contribution in [1.29, 1.82) is 0 Å². The number of amides is 2. The number of halogens is 1. The molecule has 2 aromatic heterocycles. The Morgan fingerprint density at radius 2 is 1.97 bits per heavy atom. The summed E-state index contributed by atoms with van der Waals surface area (Å²) in [5.41, 5.74) is 3.01. The molecule has 2 aromatic carbocycles. The molecule has 0 saturated carbocycles. The predicted molar refractivity (Wildman–Crippen MR) is 150 cm³/mol. The molecule has 2 fully saturated rings. The minimum atomic E-state index is -0.303. The second-order valence-corrected chi connectivity index (χ2v) is 11.1. The summed E-state index contributed by atoms with van der Waals surface area (Å²) >= 11 is 1.62. The highest BCUT2D eigenvalue weighted by molar-refractivity contribution is 7.13. The van der Waals surface area contributed by atoms with E-state index < -0.39 is 0 Å². The molecule has 2 N–H and O–H groups in total. The summed E-state index contributed by atoms with van der Waals surface area (Å²) in [7, 11) is 0. The first-order chi connectivity index (χ1) is 18.9. The van der Waals surface area contributed by atoms with Crippen molar-refractivity contribution in [2.45, 2.75) is 19.4 Å². The fraction of sp³-hybridized carbons (Fsp3) is 0.357. The van der Waals surface area contributed by atoms with Gasteiger partial charge in [-0.25, -0.2) is 9.37 Å². The van der Waals surface area contributed by atoms with Gasteiger partial charge in [0.05, 0.1) is 23.7 Å². The Morgan fingerprint density at radius 3 is 2.74 bits per heavy atom. The van der Waals surface area contributed by atoms with E-state index in [0.29, 0.717) is 44.0 Å². The van der Waals surface area contributed by atoms with Crippen molar-refractivity contribution < 1.29 is 14.0 Å². The van der Waals surface area contributed by atoms with Crippen molar-refractivity contribution in [2.75, 3.05) is 49.5 Å². The van der Waals surface area contributed by atoms with Gasteiger partial charge >= 0.3 is 0 Å². The number of H-pyrrole nitrogens is 1. The summed E-state index contributed by atoms with van der Waals surface area (Å²) in [4.78, 5) is 36.9. The fourth-order valence-electron chi connectivity index (χ4n) is 5.51. The quantitative estimate of drug-likeness (QED) is 0.381. The summed E-state index contributed by atoms with van der Waals surface area (Å²) in [6.07, 6.45) is 2.52. The van der Waals surface area contributed by atoms with E-state index in [1.165, 1.54) is 12.1 Å². The highest BCUT2D eigenvalue weighted by Crippen LogP contribution is 2.29. The van der Waals surface area contributed by atoms with Gasteiger partial charge in [0.2, 0.25) is 11.8 Å². The molecule has 202 valence electrons. The van der Waals surface area contributed by atoms with Gasteiger partial charge in [-0.2, -0.15) is 5.10 Å². The first kappa shape index (κ1) is 25.4. The SMILES string of the molecule is C[C@@H]1CN(c2nccs2)CCN1C(=O)CN1CCC(C(=O)Nc2ccc3[nH]nc(-c4ccc(F)cc4)c3c2)C1. The third-order valence-electron chi connectivity index (χ3n) is 7.59. The Kier molecular flexibility index (Phi) is 7.01. The number of carbonyl (C=O) groups excluding carboxylic acids is 2. The lowest BCUT2D eigenvalue weighted by Crippen LogP contribution is -2.56. The number of thiazole rings is 1. The normalized spacial score (nSPS) is 20.1. The number of aromatic nitrogens is 3. The van der Waals surface area contributed by atoms with E-state index in [1.807, 2.05) is 34.7 Å². The molecule has 2 saturated heterocycles. The van der Waals surface area contributed by atoms with E-state index in [4.69, 9.17) is 0 Å². The number of hydrogen-bond donors (Lipinski definition) is 2. The zero-order chi connectivity index (χ0) is 26.9. The van der Waals surface area contributed by atoms with Crippen LogP contribution in [0.1, 0.15) is 13.3 Å². The number of carbonyl (C=O) groups is 2. The average molecular weight is 548 g/mol. The second kappa shape index (κ2) is 10.7. The van der Waals surface area contributed by atoms with E-state index in [1.54, 1.807) is 23.5 Å². The molecule has 0 bridgehead atoms. The summed E-state index contributed by atoms with van der Waals surface area (Å²) < 4.78 is 13.4. The molecule has 0 radical (unpaired) electrons. The molecule has 6 rings (SSSR count). The number of likely N-dealkylation sites (tertiary alicyclic amines) is 1. The summed E-state index contributed by atoms with van der Waals surface area (Å²) in [6, 6.07) is 11.9. The van der Waals surface area contributed by atoms with Crippen LogP contribution in [0.5, 0.6) is 0 Å². The van der Waals surface area contributed by atoms with Crippen LogP contribution in [0.2, 0.25) is 0 Å². The number of fused-ring (bicyclic) bond motifs is 1. The largest absolute Gasteiger partial charge is 0.344 e. The fourth-order valence-corrected chi connectivity index (χ4v) is 6.19. The van der Waals surface area contributed by atoms with Gasteiger partial charge < -0.3 is 15.1 Å². The topological polar surface area (TPSA) is 97.5 Å². The Morgan fingerprint density at radius 1 is 1.13 bits per heavy atom. The number of piperazine rings is 1. The molecule has 2 atom stereocenters. The molecule has 11 heteroatoms. The number of nitrogens with one attached hydrogen (secondary N) is 2. The standard InChI is InChI=1S/C28H30FN7O2S/c1-18-15-35(28-30-9-13-39-28)11-12-36(18)25(37)17-34-10-8-20(16-34)27(38)31-22-6-7-24-23(14-22)26(33-32-24)19-2-4-21(29)5-3-19/h2-7,9,13-14,18,20H,8,10-12,15-17H2,1H3,(H,31,38)(H,32,33)/t18-,20?/m1/s1. The van der Waals surface area contributed by atoms with E-state index in [-0.39, 0.29) is 29.6 Å². The molecule has 4 aromatic rings. The lowest BCUT2D eigenvalue weighted by atomic mass is 10.1. The van der Waals surface area contributed by atoms with Crippen LogP contribution in [-0.2, 0) is 9.59 Å². The monoisotopic (exact) mass is 547 g/mol. The molecule has 9 nitrogen and oxygen atoms in total. The number of aromatic amines is 1. The lowest BCUT2D eigenvalue weighted by Gasteiger charge is -2.40. The van der Waals surface area contributed by atoms with Crippen LogP contribution in [0.25, 0.3) is 22.2 Å². The summed E-state index contributed by atoms with van der Waals surface area (Å²) in [5, 5.41) is 14.2. The maximum Gasteiger partial charge on any atom is 0.237 e. The van der Waals surface area contributed by atoms with Crippen molar-refractivity contribution in [3.63, 3.8) is 0 Å². The van der Waals surface area contributed by atoms with Gasteiger partial charge in [0, 0.05) is 60.4 Å². The first-order valence-electron chi connectivity index (χ1n) is 13.2. The minimum absolute atomic E-state index is 0.0541. The Hall–Kier alpha value is -3.83. The molecular formula is C28H30FN7O2S. The Balaban J connectivity index is 1.04. The number of hydrogen-bond acceptors (Lipinski definition) is 7. The summed E-state index contributed by atoms with van der Waals surface area (Å²) in [5.74, 6) is -0.432. The van der Waals surface area contributed by atoms with Crippen LogP contribution >= 0.6 is 11.3 Å². The van der Waals surface area contributed by atoms with Crippen LogP contribution in [0.3, 0.4) is 0 Å². The van der Waals surface area contributed by atoms with Gasteiger partial charge in [-0.15, -0.1) is 11.3 Å². The van der Waals surface area contributed by atoms with E-state index >= 15 is 0 Å². The predicted octanol–water partition coefficient (Wildman–Crippen LogP) is 3.82. The van der Waals surface area contributed by atoms with Gasteiger partial charge in [-0.3, -0.25) is 19.6 Å². The number of benzene rings is 2. The number of nitrogens with zero attached hydrogens (tertiary/aromatic N) is 5. The minimum Gasteiger partial charge on any atom is -0.344 e. The first-order valence-corrected chi connectivity index (χ1v) is 14.0. The highest BCUT2D eigenvalue weighted by Gasteiger charge is 2.33. The average Bonchev–Trinajstić information content (AvgIpc) is 3.70. The molecule has 0 aliphatic carbocycles. The smallest absolute Gasteiger partial charge is 0.237 e. The third kappa shape index (κ3) is 5.37. The van der Waals surface area contributed by atoms with Crippen molar-refractivity contribution in [3.8, 4) is 11.3 Å². The van der Waals surface area contributed by atoms with Crippen LogP contribution < -0.4 is 10.2 Å². The molecule has 2 aliphatic rings. The van der Waals surface area contributed by atoms with Crippen LogP contribution in [0, 0.1) is 11.7 Å². The van der Waals surface area contributed by atoms with Gasteiger partial charge in [0.1, 0.15) is 5.82 Å². The van der Waals surface area contributed by atoms with Gasteiger partial charge in [-0.05, 0) is 62.4 Å². The molecule has 39 heavy (non-hydrogen) atoms. The maximum atomic E-state index is 13.4. The van der Waals surface area contributed by atoms with Gasteiger partial charge in [-0.1, -0.05) is 0 Å². The van der Waals surface area contributed by atoms with E-state index in [0.717, 1.165) is 34.7 Å². The van der Waals surface area contributed by atoms with Gasteiger partial charge in [0.15, 0.2) is 5.13 Å². The molecular weight excluding hydrogens is 517 g/mol. The molecule has 2 amide bonds. The van der Waals surface area contributed by atoms with Crippen LogP contribution in [-0.4, -0.2) is 82.1 Å². The van der Waals surface area contributed by atoms with Crippen molar-refractivity contribution in [3.05, 3.63) is 59.9 Å². The van der Waals surface area contributed by atoms with Crippen LogP contribution in [0.15, 0.2) is 54.0 Å². The second-order valence-electron chi connectivity index (χ2n) is 10.2. The van der Waals surface area contributed by atoms with Gasteiger partial charge in [0.25, 0.3) is 0 Å². The summed E-state index contributed by atoms with van der Waals surface area (Å²) in [6.45, 7) is 5.90. The Bertz CT molecular complexity index is 1470. The molecule has 2 aliphatic heterocycles. The third-order valence-corrected chi connectivity index (χ3v) is 8.42. The highest BCUT2D eigenvalue weighted by atomic mass is 32.1. The van der Waals surface area contributed by atoms with Crippen molar-refractivity contribution in [2.24, 2.45) is 5.92 Å². The number of rotatable bonds is 6. The zero-order valence-corrected chi connectivity index (χ0v) is 22.5. The van der Waals surface area contributed by atoms with E-state index in [9.17, 15) is 14.0 Å². The lowest BCUT2D eigenvalue weighted by molar-refractivity contribution is -0.134. The number of anilines is 2. The van der Waals surface area contributed by atoms with Crippen molar-refractivity contribution >= 4 is 44.9 Å². The zero-order valence-electron chi connectivity index (χ0n) is 21.6. The Labute approximate surface area is 229 Å². The molecule has 0 spiro atoms.